The molecule has 0 amide bonds. The summed E-state index contributed by atoms with van der Waals surface area (Å²) in [7, 11) is 0. The quantitative estimate of drug-likeness (QED) is 0.633. The second-order valence-electron chi connectivity index (χ2n) is 5.15. The van der Waals surface area contributed by atoms with Crippen LogP contribution in [0.25, 0.3) is 5.76 Å². The van der Waals surface area contributed by atoms with E-state index in [-0.39, 0.29) is 29.8 Å². The number of hydrogen-bond acceptors (Lipinski definition) is 4. The molecule has 2 unspecified atom stereocenters. The van der Waals surface area contributed by atoms with E-state index in [1.807, 2.05) is 6.92 Å². The van der Waals surface area contributed by atoms with Gasteiger partial charge in [0.15, 0.2) is 5.78 Å². The van der Waals surface area contributed by atoms with Gasteiger partial charge in [-0.15, -0.1) is 0 Å². The van der Waals surface area contributed by atoms with E-state index in [4.69, 9.17) is 9.47 Å². The molecule has 0 spiro atoms. The topological polar surface area (TPSA) is 52.6 Å². The summed E-state index contributed by atoms with van der Waals surface area (Å²) in [5, 5.41) is 0. The van der Waals surface area contributed by atoms with Crippen LogP contribution in [0.2, 0.25) is 0 Å². The number of rotatable bonds is 4. The molecule has 1 heterocycles. The second-order valence-corrected chi connectivity index (χ2v) is 5.15. The van der Waals surface area contributed by atoms with Crippen molar-refractivity contribution < 1.29 is 23.5 Å². The molecule has 0 fully saturated rings. The van der Waals surface area contributed by atoms with Crippen LogP contribution in [0.1, 0.15) is 32.8 Å². The molecule has 0 saturated carbocycles. The van der Waals surface area contributed by atoms with Gasteiger partial charge in [-0.2, -0.15) is 0 Å². The zero-order valence-corrected chi connectivity index (χ0v) is 12.9. The lowest BCUT2D eigenvalue weighted by Crippen LogP contribution is -2.37. The van der Waals surface area contributed by atoms with Gasteiger partial charge in [-0.25, -0.2) is 9.18 Å². The highest BCUT2D eigenvalue weighted by Crippen LogP contribution is 2.34. The highest BCUT2D eigenvalue weighted by molar-refractivity contribution is 6.23. The van der Waals surface area contributed by atoms with Gasteiger partial charge < -0.3 is 9.47 Å². The Hall–Kier alpha value is -2.17. The number of hydrogen-bond donors (Lipinski definition) is 0. The van der Waals surface area contributed by atoms with E-state index in [0.29, 0.717) is 12.0 Å². The van der Waals surface area contributed by atoms with Crippen molar-refractivity contribution in [1.82, 2.24) is 0 Å². The summed E-state index contributed by atoms with van der Waals surface area (Å²) in [5.74, 6) is -1.64. The van der Waals surface area contributed by atoms with Gasteiger partial charge in [0.25, 0.3) is 0 Å². The fraction of sp³-hybridized carbons (Fsp3) is 0.412. The summed E-state index contributed by atoms with van der Waals surface area (Å²) in [6.07, 6.45) is 0.319. The molecule has 0 bridgehead atoms. The van der Waals surface area contributed by atoms with Crippen molar-refractivity contribution in [2.75, 3.05) is 6.61 Å². The van der Waals surface area contributed by atoms with E-state index in [9.17, 15) is 14.0 Å². The number of carbonyl (C=O) groups is 2. The van der Waals surface area contributed by atoms with Crippen molar-refractivity contribution in [3.8, 4) is 0 Å². The summed E-state index contributed by atoms with van der Waals surface area (Å²) >= 11 is 0. The lowest BCUT2D eigenvalue weighted by atomic mass is 9.88. The highest BCUT2D eigenvalue weighted by atomic mass is 19.1. The first-order chi connectivity index (χ1) is 10.5. The number of ketones is 1. The summed E-state index contributed by atoms with van der Waals surface area (Å²) in [5.41, 5.74) is 0.397. The molecular formula is C17H19FO4. The molecule has 0 aromatic heterocycles. The fourth-order valence-corrected chi connectivity index (χ4v) is 2.47. The molecule has 0 aliphatic carbocycles. The Morgan fingerprint density at radius 1 is 1.27 bits per heavy atom. The minimum Gasteiger partial charge on any atom is -0.488 e. The van der Waals surface area contributed by atoms with Crippen LogP contribution in [-0.4, -0.2) is 24.5 Å². The Morgan fingerprint density at radius 2 is 1.91 bits per heavy atom. The first-order valence-corrected chi connectivity index (χ1v) is 7.37. The molecule has 2 rings (SSSR count). The van der Waals surface area contributed by atoms with Gasteiger partial charge in [0.1, 0.15) is 23.3 Å². The third-order valence-electron chi connectivity index (χ3n) is 3.70. The van der Waals surface area contributed by atoms with E-state index in [0.717, 1.165) is 0 Å². The first kappa shape index (κ1) is 16.2. The van der Waals surface area contributed by atoms with Gasteiger partial charge in [0, 0.05) is 5.56 Å². The van der Waals surface area contributed by atoms with Crippen molar-refractivity contribution in [2.24, 2.45) is 5.92 Å². The van der Waals surface area contributed by atoms with Crippen molar-refractivity contribution in [1.29, 1.82) is 0 Å². The Labute approximate surface area is 128 Å². The Morgan fingerprint density at radius 3 is 2.45 bits per heavy atom. The zero-order chi connectivity index (χ0) is 16.3. The molecule has 118 valence electrons. The minimum absolute atomic E-state index is 0.0920. The average molecular weight is 306 g/mol. The molecule has 4 nitrogen and oxygen atoms in total. The summed E-state index contributed by atoms with van der Waals surface area (Å²) in [4.78, 5) is 24.7. The van der Waals surface area contributed by atoms with Gasteiger partial charge >= 0.3 is 5.97 Å². The summed E-state index contributed by atoms with van der Waals surface area (Å²) in [6, 6.07) is 5.50. The monoisotopic (exact) mass is 306 g/mol. The maximum atomic E-state index is 13.1. The van der Waals surface area contributed by atoms with E-state index >= 15 is 0 Å². The van der Waals surface area contributed by atoms with Gasteiger partial charge in [0.05, 0.1) is 12.5 Å². The molecule has 1 aromatic rings. The average Bonchev–Trinajstić information content (AvgIpc) is 2.50. The Kier molecular flexibility index (Phi) is 4.96. The number of carbonyl (C=O) groups excluding carboxylic acids is 2. The summed E-state index contributed by atoms with van der Waals surface area (Å²) < 4.78 is 23.9. The van der Waals surface area contributed by atoms with Crippen LogP contribution >= 0.6 is 0 Å². The van der Waals surface area contributed by atoms with Crippen LogP contribution in [0.15, 0.2) is 29.8 Å². The number of halogens is 1. The Balaban J connectivity index is 2.55. The molecule has 0 radical (unpaired) electrons. The number of esters is 1. The van der Waals surface area contributed by atoms with Crippen LogP contribution < -0.4 is 0 Å². The number of benzene rings is 1. The third-order valence-corrected chi connectivity index (χ3v) is 3.70. The first-order valence-electron chi connectivity index (χ1n) is 7.37. The van der Waals surface area contributed by atoms with Crippen LogP contribution in [0, 0.1) is 11.7 Å². The van der Waals surface area contributed by atoms with Gasteiger partial charge in [-0.1, -0.05) is 13.8 Å². The van der Waals surface area contributed by atoms with Crippen LogP contribution in [-0.2, 0) is 19.1 Å². The van der Waals surface area contributed by atoms with Crippen LogP contribution in [0.3, 0.4) is 0 Å². The SMILES string of the molecule is CCOC(=O)C1=C(c2ccc(F)cc2)OC(CC)C(C)C1=O. The standard InChI is InChI=1S/C17H19FO4/c1-4-13-10(3)15(19)14(17(20)21-5-2)16(22-13)11-6-8-12(18)9-7-11/h6-10,13H,4-5H2,1-3H3. The normalized spacial score (nSPS) is 21.5. The fourth-order valence-electron chi connectivity index (χ4n) is 2.47. The molecule has 0 N–H and O–H groups in total. The van der Waals surface area contributed by atoms with E-state index < -0.39 is 17.7 Å². The van der Waals surface area contributed by atoms with Crippen LogP contribution in [0.5, 0.6) is 0 Å². The molecule has 5 heteroatoms. The molecular weight excluding hydrogens is 287 g/mol. The van der Waals surface area contributed by atoms with Crippen molar-refractivity contribution >= 4 is 17.5 Å². The molecule has 1 aliphatic heterocycles. The minimum atomic E-state index is -0.701. The highest BCUT2D eigenvalue weighted by Gasteiger charge is 2.39. The second kappa shape index (κ2) is 6.73. The Bertz CT molecular complexity index is 604. The van der Waals surface area contributed by atoms with Crippen molar-refractivity contribution in [3.05, 3.63) is 41.2 Å². The molecule has 2 atom stereocenters. The predicted molar refractivity (Wildman–Crippen MR) is 79.3 cm³/mol. The lowest BCUT2D eigenvalue weighted by molar-refractivity contribution is -0.141. The number of ether oxygens (including phenoxy) is 2. The zero-order valence-electron chi connectivity index (χ0n) is 12.9. The van der Waals surface area contributed by atoms with E-state index in [2.05, 4.69) is 0 Å². The predicted octanol–water partition coefficient (Wildman–Crippen LogP) is 3.11. The maximum absolute atomic E-state index is 13.1. The lowest BCUT2D eigenvalue weighted by Gasteiger charge is -2.31. The molecule has 1 aromatic carbocycles. The third kappa shape index (κ3) is 3.03. The van der Waals surface area contributed by atoms with Crippen molar-refractivity contribution in [3.63, 3.8) is 0 Å². The smallest absolute Gasteiger partial charge is 0.345 e. The van der Waals surface area contributed by atoms with Crippen molar-refractivity contribution in [2.45, 2.75) is 33.3 Å². The number of Topliss-reactive ketones (excluding diaryl/α,β-unsaturated/α-hetero) is 1. The van der Waals surface area contributed by atoms with Gasteiger partial charge in [-0.05, 0) is 37.6 Å². The van der Waals surface area contributed by atoms with Gasteiger partial charge in [0.2, 0.25) is 0 Å². The van der Waals surface area contributed by atoms with Crippen LogP contribution in [0.4, 0.5) is 4.39 Å². The van der Waals surface area contributed by atoms with E-state index in [1.54, 1.807) is 13.8 Å². The molecule has 22 heavy (non-hydrogen) atoms. The maximum Gasteiger partial charge on any atom is 0.345 e. The van der Waals surface area contributed by atoms with Gasteiger partial charge in [-0.3, -0.25) is 4.79 Å². The van der Waals surface area contributed by atoms with E-state index in [1.165, 1.54) is 24.3 Å². The molecule has 0 saturated heterocycles. The largest absolute Gasteiger partial charge is 0.488 e. The summed E-state index contributed by atoms with van der Waals surface area (Å²) in [6.45, 7) is 5.48. The molecule has 1 aliphatic rings.